The minimum atomic E-state index is -1.55. The van der Waals surface area contributed by atoms with Gasteiger partial charge < -0.3 is 42.6 Å². The van der Waals surface area contributed by atoms with E-state index in [0.29, 0.717) is 76.4 Å². The number of aryl methyl sites for hydroxylation is 1. The monoisotopic (exact) mass is 1110 g/mol. The summed E-state index contributed by atoms with van der Waals surface area (Å²) in [4.78, 5) is 75.5. The van der Waals surface area contributed by atoms with Crippen LogP contribution in [0, 0.1) is 25.2 Å². The van der Waals surface area contributed by atoms with Crippen molar-refractivity contribution in [2.45, 2.75) is 192 Å². The van der Waals surface area contributed by atoms with Crippen LogP contribution in [0.1, 0.15) is 180 Å². The molecule has 7 aliphatic rings. The van der Waals surface area contributed by atoms with E-state index in [0.717, 1.165) is 62.5 Å². The number of hydrogen-bond donors (Lipinski definition) is 1. The molecule has 426 valence electrons. The molecule has 2 fully saturated rings. The summed E-state index contributed by atoms with van der Waals surface area (Å²) in [5.41, 5.74) is 2.26. The molecule has 7 aliphatic heterocycles. The van der Waals surface area contributed by atoms with Crippen LogP contribution < -0.4 is 38.5 Å². The highest BCUT2D eigenvalue weighted by molar-refractivity contribution is 7.99. The summed E-state index contributed by atoms with van der Waals surface area (Å²) in [6, 6.07) is 3.22. The Kier molecular flexibility index (Phi) is 17.3. The first-order chi connectivity index (χ1) is 37.9. The van der Waals surface area contributed by atoms with Gasteiger partial charge in [-0.2, -0.15) is 5.26 Å². The number of carbonyl (C=O) groups is 5. The fourth-order valence-electron chi connectivity index (χ4n) is 12.7. The number of fused-ring (bicyclic) bond motifs is 9. The molecule has 2 unspecified atom stereocenters. The van der Waals surface area contributed by atoms with E-state index in [9.17, 15) is 19.6 Å². The van der Waals surface area contributed by atoms with Gasteiger partial charge in [0.15, 0.2) is 40.0 Å². The highest BCUT2D eigenvalue weighted by atomic mass is 32.2. The van der Waals surface area contributed by atoms with Crippen LogP contribution in [0.4, 0.5) is 4.79 Å². The number of ether oxygens (including phenoxy) is 9. The average molecular weight is 1110 g/mol. The largest absolute Gasteiger partial charge is 0.493 e. The van der Waals surface area contributed by atoms with Crippen molar-refractivity contribution in [3.8, 4) is 46.3 Å². The molecule has 3 aromatic rings. The Bertz CT molecular complexity index is 2910. The van der Waals surface area contributed by atoms with Gasteiger partial charge >= 0.3 is 30.0 Å². The number of thioether (sulfide) groups is 1. The highest BCUT2D eigenvalue weighted by Crippen LogP contribution is 2.65. The Morgan fingerprint density at radius 1 is 0.810 bits per heavy atom. The standard InChI is InChI=1S/C60H76N4O14S/c1-11-13-15-17-19-21-44(66)76-43-27-36-23-24-62-60(38(36)28-42(43)70-9)31-79-56-48-47(54-53(73-32-74-54)34(4)52(48)75-35(5)65)41(30-72-57(60)68)63-40(29-61)39-26-37-25-33(3)51(71-10)55(77-45(67)22-20-18-16-14-12-2)46(37)49(50(56)63)64(39)58(69)78-59(6,7)8/h25,27-28,39-41,49-50,56,62H,11-24,26,30-32H2,1-10H3/t39-,40-,41-,49?,50?,56+,60+/m0/s1. The minimum Gasteiger partial charge on any atom is -0.493 e. The number of methoxy groups -OCH3 is 2. The van der Waals surface area contributed by atoms with Crippen molar-refractivity contribution < 1.29 is 66.6 Å². The number of hydrogen-bond acceptors (Lipinski definition) is 18. The third-order valence-corrected chi connectivity index (χ3v) is 17.6. The van der Waals surface area contributed by atoms with Gasteiger partial charge in [-0.1, -0.05) is 71.3 Å². The van der Waals surface area contributed by atoms with Crippen molar-refractivity contribution in [2.24, 2.45) is 0 Å². The van der Waals surface area contributed by atoms with Crippen LogP contribution in [-0.2, 0) is 47.0 Å². The van der Waals surface area contributed by atoms with Crippen LogP contribution in [0.15, 0.2) is 18.2 Å². The van der Waals surface area contributed by atoms with Crippen molar-refractivity contribution >= 4 is 41.7 Å². The lowest BCUT2D eigenvalue weighted by Gasteiger charge is -2.62. The zero-order valence-electron chi connectivity index (χ0n) is 47.4. The molecule has 7 heterocycles. The summed E-state index contributed by atoms with van der Waals surface area (Å²) >= 11 is 1.36. The smallest absolute Gasteiger partial charge is 0.411 e. The summed E-state index contributed by atoms with van der Waals surface area (Å²) in [6.45, 7) is 14.4. The van der Waals surface area contributed by atoms with Crippen molar-refractivity contribution in [2.75, 3.05) is 39.9 Å². The summed E-state index contributed by atoms with van der Waals surface area (Å²) in [5.74, 6) is -0.173. The number of unbranched alkanes of at least 4 members (excludes halogenated alkanes) is 8. The molecule has 2 saturated heterocycles. The van der Waals surface area contributed by atoms with Crippen LogP contribution in [-0.4, -0.2) is 103 Å². The molecule has 0 aromatic heterocycles. The van der Waals surface area contributed by atoms with Gasteiger partial charge in [0, 0.05) is 54.3 Å². The quantitative estimate of drug-likeness (QED) is 0.0756. The maximum atomic E-state index is 15.5. The van der Waals surface area contributed by atoms with Crippen molar-refractivity contribution in [3.05, 3.63) is 62.7 Å². The number of carbonyl (C=O) groups excluding carboxylic acids is 5. The third kappa shape index (κ3) is 10.9. The van der Waals surface area contributed by atoms with E-state index in [-0.39, 0.29) is 67.4 Å². The fourth-order valence-corrected chi connectivity index (χ4v) is 14.4. The van der Waals surface area contributed by atoms with Crippen molar-refractivity contribution in [3.63, 3.8) is 0 Å². The topological polar surface area (TPSA) is 211 Å². The number of amides is 1. The van der Waals surface area contributed by atoms with Gasteiger partial charge in [-0.3, -0.25) is 29.5 Å². The predicted octanol–water partition coefficient (Wildman–Crippen LogP) is 10.4. The van der Waals surface area contributed by atoms with Gasteiger partial charge in [0.05, 0.1) is 49.7 Å². The number of benzene rings is 3. The van der Waals surface area contributed by atoms with E-state index in [1.165, 1.54) is 32.9 Å². The molecule has 19 heteroatoms. The molecule has 1 spiro atoms. The maximum Gasteiger partial charge on any atom is 0.411 e. The zero-order chi connectivity index (χ0) is 56.5. The summed E-state index contributed by atoms with van der Waals surface area (Å²) in [5, 5.41) is 14.4. The van der Waals surface area contributed by atoms with E-state index >= 15 is 9.59 Å². The molecule has 3 aromatic carbocycles. The van der Waals surface area contributed by atoms with E-state index in [1.54, 1.807) is 44.7 Å². The van der Waals surface area contributed by atoms with Gasteiger partial charge in [-0.25, -0.2) is 9.59 Å². The fraction of sp³-hybridized carbons (Fsp3) is 0.600. The molecule has 10 rings (SSSR count). The maximum absolute atomic E-state index is 15.5. The molecular weight excluding hydrogens is 1030 g/mol. The number of nitriles is 1. The third-order valence-electron chi connectivity index (χ3n) is 16.1. The molecule has 4 bridgehead atoms. The Morgan fingerprint density at radius 2 is 1.49 bits per heavy atom. The molecule has 7 atom stereocenters. The predicted molar refractivity (Wildman–Crippen MR) is 293 cm³/mol. The van der Waals surface area contributed by atoms with Gasteiger partial charge in [0.1, 0.15) is 24.0 Å². The van der Waals surface area contributed by atoms with E-state index in [2.05, 4.69) is 25.2 Å². The summed E-state index contributed by atoms with van der Waals surface area (Å²) in [7, 11) is 3.00. The normalized spacial score (nSPS) is 23.5. The van der Waals surface area contributed by atoms with E-state index in [1.807, 2.05) is 17.9 Å². The number of nitrogens with zero attached hydrogens (tertiary/aromatic N) is 3. The van der Waals surface area contributed by atoms with E-state index in [4.69, 9.17) is 42.6 Å². The second kappa shape index (κ2) is 23.8. The lowest BCUT2D eigenvalue weighted by Crippen LogP contribution is -2.71. The van der Waals surface area contributed by atoms with Gasteiger partial charge in [-0.05, 0) is 94.7 Å². The SMILES string of the molecule is CCCCCCCC(=O)Oc1cc2c(cc1OC)[C@@]1(CS[C@@H]3c4c(OC(C)=O)c(C)c5c(c4[C@H](COC1=O)N1C3C3c4c(cc(C)c(OC)c4OC(=O)CCCCCCC)C[C@@H]([C@@H]1C#N)N3C(=O)OC(C)(C)C)OCO5)NCC2. The molecule has 0 aliphatic carbocycles. The first-order valence-corrected chi connectivity index (χ1v) is 29.2. The van der Waals surface area contributed by atoms with Crippen LogP contribution in [0.25, 0.3) is 0 Å². The molecule has 0 radical (unpaired) electrons. The molecular formula is C60H76N4O14S. The van der Waals surface area contributed by atoms with Gasteiger partial charge in [-0.15, -0.1) is 11.8 Å². The van der Waals surface area contributed by atoms with Crippen LogP contribution in [0.5, 0.6) is 40.2 Å². The Morgan fingerprint density at radius 3 is 2.14 bits per heavy atom. The molecule has 1 N–H and O–H groups in total. The van der Waals surface area contributed by atoms with Crippen molar-refractivity contribution in [1.29, 1.82) is 5.26 Å². The number of rotatable bonds is 17. The molecule has 0 saturated carbocycles. The second-order valence-electron chi connectivity index (χ2n) is 22.5. The minimum absolute atomic E-state index is 0.0191. The average Bonchev–Trinajstić information content (AvgIpc) is 4.07. The van der Waals surface area contributed by atoms with Gasteiger partial charge in [0.2, 0.25) is 6.79 Å². The Hall–Kier alpha value is -6.23. The first-order valence-electron chi connectivity index (χ1n) is 28.1. The van der Waals surface area contributed by atoms with Crippen LogP contribution in [0.3, 0.4) is 0 Å². The van der Waals surface area contributed by atoms with Crippen molar-refractivity contribution in [1.82, 2.24) is 15.1 Å². The first kappa shape index (κ1) is 57.5. The van der Waals surface area contributed by atoms with E-state index < -0.39 is 70.6 Å². The number of esters is 4. The highest BCUT2D eigenvalue weighted by Gasteiger charge is 2.64. The summed E-state index contributed by atoms with van der Waals surface area (Å²) in [6.07, 6.45) is 9.73. The Balaban J connectivity index is 1.26. The molecule has 18 nitrogen and oxygen atoms in total. The Labute approximate surface area is 467 Å². The zero-order valence-corrected chi connectivity index (χ0v) is 48.2. The second-order valence-corrected chi connectivity index (χ2v) is 23.7. The summed E-state index contributed by atoms with van der Waals surface area (Å²) < 4.78 is 56.4. The number of nitrogens with one attached hydrogen (secondary N) is 1. The molecule has 79 heavy (non-hydrogen) atoms. The molecule has 1 amide bonds. The van der Waals surface area contributed by atoms with Crippen LogP contribution >= 0.6 is 11.8 Å². The number of piperazine rings is 1. The van der Waals surface area contributed by atoms with Gasteiger partial charge in [0.25, 0.3) is 0 Å². The lowest BCUT2D eigenvalue weighted by molar-refractivity contribution is -0.157. The lowest BCUT2D eigenvalue weighted by atomic mass is 9.71. The van der Waals surface area contributed by atoms with Crippen LogP contribution in [0.2, 0.25) is 0 Å².